The van der Waals surface area contributed by atoms with Crippen LogP contribution in [0.2, 0.25) is 0 Å². The minimum Gasteiger partial charge on any atom is -0.308 e. The number of fused-ring (bicyclic) bond motifs is 7. The number of hydrogen-bond donors (Lipinski definition) is 0. The van der Waals surface area contributed by atoms with Gasteiger partial charge in [-0.25, -0.2) is 15.0 Å². The van der Waals surface area contributed by atoms with Crippen LogP contribution in [0, 0.1) is 0 Å². The molecule has 0 spiro atoms. The molecule has 0 aliphatic heterocycles. The fourth-order valence-corrected chi connectivity index (χ4v) is 7.19. The van der Waals surface area contributed by atoms with Gasteiger partial charge in [0, 0.05) is 44.1 Å². The molecule has 0 aliphatic rings. The van der Waals surface area contributed by atoms with Crippen LogP contribution < -0.4 is 0 Å². The highest BCUT2D eigenvalue weighted by Crippen LogP contribution is 2.43. The van der Waals surface area contributed by atoms with Crippen LogP contribution >= 0.6 is 0 Å². The molecule has 0 amide bonds. The van der Waals surface area contributed by atoms with Gasteiger partial charge < -0.3 is 4.57 Å². The van der Waals surface area contributed by atoms with Crippen molar-refractivity contribution in [3.05, 3.63) is 189 Å². The van der Waals surface area contributed by atoms with Crippen molar-refractivity contribution in [2.75, 3.05) is 0 Å². The minimum atomic E-state index is 0.604. The van der Waals surface area contributed by atoms with Crippen molar-refractivity contribution in [3.8, 4) is 39.5 Å². The third-order valence-electron chi connectivity index (χ3n) is 9.53. The van der Waals surface area contributed by atoms with E-state index in [1.807, 2.05) is 24.3 Å². The molecule has 0 N–H and O–H groups in total. The van der Waals surface area contributed by atoms with Gasteiger partial charge in [-0.05, 0) is 41.1 Å². The molecule has 9 rings (SSSR count). The number of hydrogen-bond acceptors (Lipinski definition) is 3. The summed E-state index contributed by atoms with van der Waals surface area (Å²) in [5.41, 5.74) is 10.9. The predicted octanol–water partition coefficient (Wildman–Crippen LogP) is 12.0. The summed E-state index contributed by atoms with van der Waals surface area (Å²) in [6, 6.07) is 53.0. The Balaban J connectivity index is 1.31. The first-order valence-electron chi connectivity index (χ1n) is 17.0. The van der Waals surface area contributed by atoms with E-state index in [4.69, 9.17) is 15.0 Å². The largest absolute Gasteiger partial charge is 0.308 e. The molecule has 51 heavy (non-hydrogen) atoms. The highest BCUT2D eigenvalue weighted by Gasteiger charge is 2.22. The van der Waals surface area contributed by atoms with Crippen molar-refractivity contribution in [2.45, 2.75) is 0 Å². The van der Waals surface area contributed by atoms with Crippen LogP contribution in [-0.2, 0) is 0 Å². The van der Waals surface area contributed by atoms with E-state index in [1.54, 1.807) is 12.2 Å². The normalized spacial score (nSPS) is 11.8. The standard InChI is InChI=1S/C47H32N4/c1-3-15-31(4-2)47-49-40(33-17-7-5-8-18-33)30-41(50-47)34-24-27-36(28-25-34)51-42-23-14-13-22-38(42)44-45(35-19-9-6-10-20-35)48-39-29-26-32-16-11-12-21-37(32)43(39)46(44)51/h3-30H,1-2H2/b31-15+. The molecule has 3 heterocycles. The molecular formula is C47H32N4. The maximum absolute atomic E-state index is 5.37. The Morgan fingerprint density at radius 3 is 1.88 bits per heavy atom. The van der Waals surface area contributed by atoms with Gasteiger partial charge in [0.1, 0.15) is 0 Å². The Hall–Kier alpha value is -6.91. The zero-order valence-electron chi connectivity index (χ0n) is 27.9. The molecule has 6 aromatic carbocycles. The van der Waals surface area contributed by atoms with Crippen molar-refractivity contribution >= 4 is 49.1 Å². The third kappa shape index (κ3) is 5.13. The van der Waals surface area contributed by atoms with E-state index in [9.17, 15) is 0 Å². The summed E-state index contributed by atoms with van der Waals surface area (Å²) in [6.07, 6.45) is 5.40. The second kappa shape index (κ2) is 12.5. The predicted molar refractivity (Wildman–Crippen MR) is 214 cm³/mol. The number of aromatic nitrogens is 4. The topological polar surface area (TPSA) is 43.6 Å². The van der Waals surface area contributed by atoms with Gasteiger partial charge in [0.15, 0.2) is 5.82 Å². The summed E-state index contributed by atoms with van der Waals surface area (Å²) in [6.45, 7) is 7.90. The van der Waals surface area contributed by atoms with Crippen LogP contribution in [0.4, 0.5) is 0 Å². The Bertz CT molecular complexity index is 2810. The first kappa shape index (κ1) is 30.2. The molecule has 240 valence electrons. The fraction of sp³-hybridized carbons (Fsp3) is 0. The lowest BCUT2D eigenvalue weighted by Crippen LogP contribution is -1.99. The SMILES string of the molecule is C=C/C=C(\C=C)c1nc(-c2ccccc2)cc(-c2ccc(-n3c4ccccc4c4c(-c5ccccc5)nc5ccc6ccccc6c5c43)cc2)n1. The molecule has 0 saturated carbocycles. The molecule has 0 unspecified atom stereocenters. The first-order chi connectivity index (χ1) is 25.2. The molecule has 3 aromatic heterocycles. The number of allylic oxidation sites excluding steroid dienone is 4. The number of para-hydroxylation sites is 1. The number of nitrogens with zero attached hydrogens (tertiary/aromatic N) is 4. The van der Waals surface area contributed by atoms with E-state index in [0.717, 1.165) is 77.7 Å². The van der Waals surface area contributed by atoms with Crippen molar-refractivity contribution in [1.82, 2.24) is 19.5 Å². The van der Waals surface area contributed by atoms with Gasteiger partial charge in [0.2, 0.25) is 0 Å². The molecule has 0 atom stereocenters. The average molecular weight is 653 g/mol. The van der Waals surface area contributed by atoms with Gasteiger partial charge in [-0.2, -0.15) is 0 Å². The van der Waals surface area contributed by atoms with E-state index in [0.29, 0.717) is 5.82 Å². The van der Waals surface area contributed by atoms with E-state index in [-0.39, 0.29) is 0 Å². The van der Waals surface area contributed by atoms with Gasteiger partial charge in [-0.1, -0.05) is 153 Å². The lowest BCUT2D eigenvalue weighted by atomic mass is 9.99. The zero-order valence-corrected chi connectivity index (χ0v) is 27.9. The van der Waals surface area contributed by atoms with Crippen LogP contribution in [0.5, 0.6) is 0 Å². The Morgan fingerprint density at radius 2 is 1.18 bits per heavy atom. The summed E-state index contributed by atoms with van der Waals surface area (Å²) in [5.74, 6) is 0.604. The van der Waals surface area contributed by atoms with E-state index >= 15 is 0 Å². The Labute approximate surface area is 296 Å². The van der Waals surface area contributed by atoms with Crippen LogP contribution in [0.15, 0.2) is 183 Å². The van der Waals surface area contributed by atoms with Crippen molar-refractivity contribution in [3.63, 3.8) is 0 Å². The molecule has 0 aliphatic carbocycles. The average Bonchev–Trinajstić information content (AvgIpc) is 3.55. The summed E-state index contributed by atoms with van der Waals surface area (Å²) >= 11 is 0. The summed E-state index contributed by atoms with van der Waals surface area (Å²) in [7, 11) is 0. The fourth-order valence-electron chi connectivity index (χ4n) is 7.19. The maximum atomic E-state index is 5.37. The maximum Gasteiger partial charge on any atom is 0.160 e. The molecule has 0 radical (unpaired) electrons. The lowest BCUT2D eigenvalue weighted by Gasteiger charge is -2.14. The smallest absolute Gasteiger partial charge is 0.160 e. The summed E-state index contributed by atoms with van der Waals surface area (Å²) < 4.78 is 2.40. The first-order valence-corrected chi connectivity index (χ1v) is 17.0. The van der Waals surface area contributed by atoms with Gasteiger partial charge >= 0.3 is 0 Å². The van der Waals surface area contributed by atoms with Gasteiger partial charge in [-0.3, -0.25) is 0 Å². The Morgan fingerprint density at radius 1 is 0.549 bits per heavy atom. The van der Waals surface area contributed by atoms with E-state index < -0.39 is 0 Å². The number of rotatable bonds is 7. The second-order valence-corrected chi connectivity index (χ2v) is 12.5. The van der Waals surface area contributed by atoms with E-state index in [1.165, 1.54) is 10.8 Å². The molecule has 0 bridgehead atoms. The number of pyridine rings is 1. The molecule has 0 saturated heterocycles. The molecule has 4 nitrogen and oxygen atoms in total. The zero-order chi connectivity index (χ0) is 34.3. The molecule has 9 aromatic rings. The molecule has 0 fully saturated rings. The Kier molecular flexibility index (Phi) is 7.41. The molecular weight excluding hydrogens is 621 g/mol. The highest BCUT2D eigenvalue weighted by molar-refractivity contribution is 6.27. The third-order valence-corrected chi connectivity index (χ3v) is 9.53. The van der Waals surface area contributed by atoms with Gasteiger partial charge in [0.25, 0.3) is 0 Å². The number of benzene rings is 6. The van der Waals surface area contributed by atoms with Crippen molar-refractivity contribution < 1.29 is 0 Å². The van der Waals surface area contributed by atoms with Crippen LogP contribution in [0.25, 0.3) is 88.5 Å². The lowest BCUT2D eigenvalue weighted by molar-refractivity contribution is 1.13. The quantitative estimate of drug-likeness (QED) is 0.127. The van der Waals surface area contributed by atoms with Crippen LogP contribution in [0.3, 0.4) is 0 Å². The van der Waals surface area contributed by atoms with Gasteiger partial charge in [0.05, 0.1) is 33.6 Å². The molecule has 4 heteroatoms. The van der Waals surface area contributed by atoms with Crippen LogP contribution in [0.1, 0.15) is 5.82 Å². The van der Waals surface area contributed by atoms with Gasteiger partial charge in [-0.15, -0.1) is 0 Å². The summed E-state index contributed by atoms with van der Waals surface area (Å²) in [4.78, 5) is 15.3. The second-order valence-electron chi connectivity index (χ2n) is 12.5. The highest BCUT2D eigenvalue weighted by atomic mass is 15.0. The van der Waals surface area contributed by atoms with E-state index in [2.05, 4.69) is 151 Å². The van der Waals surface area contributed by atoms with Crippen molar-refractivity contribution in [1.29, 1.82) is 0 Å². The monoisotopic (exact) mass is 652 g/mol. The van der Waals surface area contributed by atoms with Crippen LogP contribution in [-0.4, -0.2) is 19.5 Å². The summed E-state index contributed by atoms with van der Waals surface area (Å²) in [5, 5.41) is 5.81. The minimum absolute atomic E-state index is 0.604. The van der Waals surface area contributed by atoms with Crippen molar-refractivity contribution in [2.24, 2.45) is 0 Å².